The average Bonchev–Trinajstić information content (AvgIpc) is 2.88. The minimum absolute atomic E-state index is 0.0831. The maximum atomic E-state index is 9.48. The second kappa shape index (κ2) is 5.14. The molecule has 0 aromatic heterocycles. The summed E-state index contributed by atoms with van der Waals surface area (Å²) in [5, 5.41) is 13.6. The first kappa shape index (κ1) is 11.8. The van der Waals surface area contributed by atoms with Crippen LogP contribution in [0.2, 0.25) is 0 Å². The Morgan fingerprint density at radius 2 is 1.95 bits per heavy atom. The molecule has 3 heteroatoms. The third kappa shape index (κ3) is 2.76. The molecule has 0 amide bonds. The van der Waals surface area contributed by atoms with Crippen LogP contribution in [-0.4, -0.2) is 16.9 Å². The van der Waals surface area contributed by atoms with Crippen molar-refractivity contribution in [3.63, 3.8) is 0 Å². The van der Waals surface area contributed by atoms with Gasteiger partial charge in [0.25, 0.3) is 0 Å². The van der Waals surface area contributed by atoms with Gasteiger partial charge in [-0.25, -0.2) is 0 Å². The summed E-state index contributed by atoms with van der Waals surface area (Å²) in [6.07, 6.45) is 1.71. The molecule has 1 N–H and O–H groups in total. The van der Waals surface area contributed by atoms with Crippen LogP contribution in [0.25, 0.3) is 0 Å². The molecule has 0 spiro atoms. The van der Waals surface area contributed by atoms with Crippen LogP contribution in [0.5, 0.6) is 5.75 Å². The molecule has 0 bridgehead atoms. The third-order valence-electron chi connectivity index (χ3n) is 3.22. The Balaban J connectivity index is 1.67. The van der Waals surface area contributed by atoms with Crippen molar-refractivity contribution in [3.8, 4) is 5.75 Å². The van der Waals surface area contributed by atoms with Crippen LogP contribution in [0.4, 0.5) is 0 Å². The van der Waals surface area contributed by atoms with E-state index in [0.717, 1.165) is 24.1 Å². The van der Waals surface area contributed by atoms with Gasteiger partial charge in [-0.1, -0.05) is 47.6 Å². The predicted octanol–water partition coefficient (Wildman–Crippen LogP) is 3.13. The highest BCUT2D eigenvalue weighted by atomic mass is 16.6. The molecule has 1 heterocycles. The maximum absolute atomic E-state index is 9.48. The van der Waals surface area contributed by atoms with E-state index in [4.69, 9.17) is 4.84 Å². The smallest absolute Gasteiger partial charge is 0.137 e. The third-order valence-corrected chi connectivity index (χ3v) is 3.22. The summed E-state index contributed by atoms with van der Waals surface area (Å²) < 4.78 is 0. The van der Waals surface area contributed by atoms with Crippen LogP contribution in [0.15, 0.2) is 59.8 Å². The lowest BCUT2D eigenvalue weighted by molar-refractivity contribution is 0.0859. The Kier molecular flexibility index (Phi) is 3.19. The van der Waals surface area contributed by atoms with Crippen molar-refractivity contribution < 1.29 is 9.94 Å². The van der Waals surface area contributed by atoms with Crippen molar-refractivity contribution in [2.24, 2.45) is 5.16 Å². The second-order valence-electron chi connectivity index (χ2n) is 4.71. The Hall–Kier alpha value is -2.29. The molecule has 0 saturated carbocycles. The van der Waals surface area contributed by atoms with Crippen molar-refractivity contribution in [2.75, 3.05) is 0 Å². The van der Waals surface area contributed by atoms with Crippen LogP contribution >= 0.6 is 0 Å². The lowest BCUT2D eigenvalue weighted by Crippen LogP contribution is -2.11. The van der Waals surface area contributed by atoms with Crippen LogP contribution in [0.3, 0.4) is 0 Å². The first-order valence-electron chi connectivity index (χ1n) is 6.37. The van der Waals surface area contributed by atoms with E-state index in [0.29, 0.717) is 0 Å². The van der Waals surface area contributed by atoms with Crippen molar-refractivity contribution in [2.45, 2.75) is 18.9 Å². The van der Waals surface area contributed by atoms with Gasteiger partial charge in [0, 0.05) is 18.4 Å². The van der Waals surface area contributed by atoms with Crippen LogP contribution in [-0.2, 0) is 11.3 Å². The van der Waals surface area contributed by atoms with Gasteiger partial charge in [-0.2, -0.15) is 0 Å². The molecule has 19 heavy (non-hydrogen) atoms. The highest BCUT2D eigenvalue weighted by Crippen LogP contribution is 2.21. The lowest BCUT2D eigenvalue weighted by Gasteiger charge is -2.07. The number of hydrogen-bond acceptors (Lipinski definition) is 3. The van der Waals surface area contributed by atoms with E-state index in [1.54, 1.807) is 12.1 Å². The number of benzene rings is 2. The van der Waals surface area contributed by atoms with E-state index in [9.17, 15) is 5.11 Å². The number of phenols is 1. The highest BCUT2D eigenvalue weighted by molar-refractivity contribution is 6.01. The van der Waals surface area contributed by atoms with E-state index in [1.807, 2.05) is 30.3 Å². The van der Waals surface area contributed by atoms with Crippen LogP contribution in [0, 0.1) is 0 Å². The molecule has 1 atom stereocenters. The number of aromatic hydroxyl groups is 1. The largest absolute Gasteiger partial charge is 0.508 e. The van der Waals surface area contributed by atoms with Gasteiger partial charge in [0.1, 0.15) is 11.9 Å². The zero-order valence-corrected chi connectivity index (χ0v) is 10.5. The number of oxime groups is 1. The zero-order valence-electron chi connectivity index (χ0n) is 10.5. The summed E-state index contributed by atoms with van der Waals surface area (Å²) in [6, 6.07) is 17.4. The topological polar surface area (TPSA) is 41.8 Å². The minimum Gasteiger partial charge on any atom is -0.508 e. The van der Waals surface area contributed by atoms with Crippen molar-refractivity contribution in [3.05, 3.63) is 65.7 Å². The Labute approximate surface area is 112 Å². The molecule has 3 rings (SSSR count). The molecule has 2 aromatic carbocycles. The van der Waals surface area contributed by atoms with Gasteiger partial charge >= 0.3 is 0 Å². The van der Waals surface area contributed by atoms with E-state index in [1.165, 1.54) is 5.56 Å². The fourth-order valence-electron chi connectivity index (χ4n) is 2.27. The van der Waals surface area contributed by atoms with Gasteiger partial charge in [0.2, 0.25) is 0 Å². The fraction of sp³-hybridized carbons (Fsp3) is 0.188. The average molecular weight is 253 g/mol. The van der Waals surface area contributed by atoms with Crippen LogP contribution < -0.4 is 0 Å². The molecule has 1 aliphatic heterocycles. The van der Waals surface area contributed by atoms with Crippen molar-refractivity contribution >= 4 is 5.71 Å². The van der Waals surface area contributed by atoms with Gasteiger partial charge in [0.15, 0.2) is 0 Å². The number of phenolic OH excluding ortho intramolecular Hbond substituents is 1. The van der Waals surface area contributed by atoms with Crippen molar-refractivity contribution in [1.82, 2.24) is 0 Å². The molecule has 2 aromatic rings. The van der Waals surface area contributed by atoms with E-state index in [-0.39, 0.29) is 11.9 Å². The SMILES string of the molecule is Oc1cccc(C2=NO[C@@H](Cc3ccccc3)C2)c1. The van der Waals surface area contributed by atoms with E-state index >= 15 is 0 Å². The molecular weight excluding hydrogens is 238 g/mol. The van der Waals surface area contributed by atoms with Crippen molar-refractivity contribution in [1.29, 1.82) is 0 Å². The molecule has 96 valence electrons. The predicted molar refractivity (Wildman–Crippen MR) is 74.3 cm³/mol. The molecule has 0 fully saturated rings. The molecular formula is C16H15NO2. The first-order valence-corrected chi connectivity index (χ1v) is 6.37. The summed E-state index contributed by atoms with van der Waals surface area (Å²) in [4.78, 5) is 5.47. The molecule has 0 radical (unpaired) electrons. The van der Waals surface area contributed by atoms with Gasteiger partial charge in [0.05, 0.1) is 5.71 Å². The molecule has 3 nitrogen and oxygen atoms in total. The van der Waals surface area contributed by atoms with Gasteiger partial charge in [-0.05, 0) is 17.7 Å². The standard InChI is InChI=1S/C16H15NO2/c18-14-8-4-7-13(10-14)16-11-15(19-17-16)9-12-5-2-1-3-6-12/h1-8,10,15,18H,9,11H2/t15-/m0/s1. The summed E-state index contributed by atoms with van der Waals surface area (Å²) in [5.74, 6) is 0.256. The van der Waals surface area contributed by atoms with Gasteiger partial charge < -0.3 is 9.94 Å². The molecule has 1 aliphatic rings. The summed E-state index contributed by atoms with van der Waals surface area (Å²) in [6.45, 7) is 0. The quantitative estimate of drug-likeness (QED) is 0.913. The van der Waals surface area contributed by atoms with Gasteiger partial charge in [-0.3, -0.25) is 0 Å². The zero-order chi connectivity index (χ0) is 13.1. The van der Waals surface area contributed by atoms with E-state index in [2.05, 4.69) is 17.3 Å². The number of hydrogen-bond donors (Lipinski definition) is 1. The van der Waals surface area contributed by atoms with Crippen LogP contribution in [0.1, 0.15) is 17.5 Å². The molecule has 0 saturated heterocycles. The Morgan fingerprint density at radius 1 is 1.11 bits per heavy atom. The first-order chi connectivity index (χ1) is 9.31. The van der Waals surface area contributed by atoms with Gasteiger partial charge in [-0.15, -0.1) is 0 Å². The summed E-state index contributed by atoms with van der Waals surface area (Å²) >= 11 is 0. The number of rotatable bonds is 3. The monoisotopic (exact) mass is 253 g/mol. The Bertz CT molecular complexity index is 593. The lowest BCUT2D eigenvalue weighted by atomic mass is 10.0. The fourth-order valence-corrected chi connectivity index (χ4v) is 2.27. The molecule has 0 aliphatic carbocycles. The number of nitrogens with zero attached hydrogens (tertiary/aromatic N) is 1. The highest BCUT2D eigenvalue weighted by Gasteiger charge is 2.22. The Morgan fingerprint density at radius 3 is 2.74 bits per heavy atom. The maximum Gasteiger partial charge on any atom is 0.137 e. The second-order valence-corrected chi connectivity index (χ2v) is 4.71. The minimum atomic E-state index is 0.0831. The van der Waals surface area contributed by atoms with E-state index < -0.39 is 0 Å². The normalized spacial score (nSPS) is 17.9. The summed E-state index contributed by atoms with van der Waals surface area (Å²) in [7, 11) is 0. The molecule has 0 unspecified atom stereocenters. The summed E-state index contributed by atoms with van der Waals surface area (Å²) in [5.41, 5.74) is 3.08.